The number of hydrogen-bond donors (Lipinski definition) is 0. The molecule has 0 radical (unpaired) electrons. The number of alkyl halides is 2. The number of rotatable bonds is 1. The molecule has 116 valence electrons. The Morgan fingerprint density at radius 2 is 1.76 bits per heavy atom. The number of halogens is 2. The molecule has 1 saturated heterocycles. The molecule has 4 rings (SSSR count). The minimum absolute atomic E-state index is 0.0879. The van der Waals surface area contributed by atoms with Crippen molar-refractivity contribution in [1.29, 1.82) is 0 Å². The number of likely N-dealkylation sites (tertiary alicyclic amines) is 1. The Kier molecular flexibility index (Phi) is 3.35. The number of amides is 2. The highest BCUT2D eigenvalue weighted by Crippen LogP contribution is 2.66. The predicted molar refractivity (Wildman–Crippen MR) is 87.4 cm³/mol. The van der Waals surface area contributed by atoms with E-state index in [1.165, 1.54) is 6.42 Å². The first kappa shape index (κ1) is 14.7. The molecule has 5 heteroatoms. The summed E-state index contributed by atoms with van der Waals surface area (Å²) in [4.78, 5) is 28.5. The fourth-order valence-corrected chi connectivity index (χ4v) is 7.55. The Morgan fingerprint density at radius 1 is 1.10 bits per heavy atom. The van der Waals surface area contributed by atoms with Gasteiger partial charge in [0.2, 0.25) is 11.8 Å². The second-order valence-corrected chi connectivity index (χ2v) is 9.58. The highest BCUT2D eigenvalue weighted by atomic mass is 79.9. The first-order valence-electron chi connectivity index (χ1n) is 8.13. The van der Waals surface area contributed by atoms with Crippen LogP contribution in [0.1, 0.15) is 45.4 Å². The zero-order chi connectivity index (χ0) is 14.9. The monoisotopic (exact) mass is 417 g/mol. The van der Waals surface area contributed by atoms with Gasteiger partial charge >= 0.3 is 0 Å². The molecule has 3 aliphatic carbocycles. The largest absolute Gasteiger partial charge is 0.279 e. The molecule has 1 aliphatic heterocycles. The molecule has 4 fully saturated rings. The molecule has 4 aliphatic rings. The van der Waals surface area contributed by atoms with Crippen LogP contribution in [0.5, 0.6) is 0 Å². The Labute approximate surface area is 142 Å². The normalized spacial score (nSPS) is 50.0. The summed E-state index contributed by atoms with van der Waals surface area (Å²) < 4.78 is 0. The highest BCUT2D eigenvalue weighted by Gasteiger charge is 2.73. The minimum Gasteiger partial charge on any atom is -0.279 e. The summed E-state index contributed by atoms with van der Waals surface area (Å²) in [6, 6.07) is 0.170. The van der Waals surface area contributed by atoms with Crippen molar-refractivity contribution in [2.24, 2.45) is 23.2 Å². The molecule has 3 saturated carbocycles. The van der Waals surface area contributed by atoms with Crippen molar-refractivity contribution in [3.8, 4) is 0 Å². The van der Waals surface area contributed by atoms with Crippen LogP contribution in [0.25, 0.3) is 0 Å². The van der Waals surface area contributed by atoms with Crippen LogP contribution in [0.15, 0.2) is 0 Å². The zero-order valence-corrected chi connectivity index (χ0v) is 15.4. The van der Waals surface area contributed by atoms with Gasteiger partial charge in [0, 0.05) is 15.7 Å². The second-order valence-electron chi connectivity index (χ2n) is 7.46. The molecule has 21 heavy (non-hydrogen) atoms. The average Bonchev–Trinajstić information content (AvgIpc) is 3.01. The van der Waals surface area contributed by atoms with Gasteiger partial charge in [0.15, 0.2) is 0 Å². The number of nitrogens with zero attached hydrogens (tertiary/aromatic N) is 1. The SMILES string of the molecule is C[C@]12C(=O)N(C3CCCCC3)C(=O)[C@H]1[C@H]1C[C@H]2[C@@H](Br)[C@@H]1Br. The first-order valence-corrected chi connectivity index (χ1v) is 9.96. The summed E-state index contributed by atoms with van der Waals surface area (Å²) >= 11 is 7.52. The van der Waals surface area contributed by atoms with Crippen LogP contribution in [-0.2, 0) is 9.59 Å². The van der Waals surface area contributed by atoms with Crippen LogP contribution >= 0.6 is 31.9 Å². The van der Waals surface area contributed by atoms with Crippen LogP contribution in [0, 0.1) is 23.2 Å². The summed E-state index contributed by atoms with van der Waals surface area (Å²) in [5.41, 5.74) is -0.461. The van der Waals surface area contributed by atoms with Crippen molar-refractivity contribution >= 4 is 43.7 Å². The van der Waals surface area contributed by atoms with Crippen molar-refractivity contribution in [3.63, 3.8) is 0 Å². The van der Waals surface area contributed by atoms with E-state index in [1.807, 2.05) is 0 Å². The molecule has 0 unspecified atom stereocenters. The Morgan fingerprint density at radius 3 is 2.43 bits per heavy atom. The lowest BCUT2D eigenvalue weighted by atomic mass is 9.69. The zero-order valence-electron chi connectivity index (χ0n) is 12.2. The molecule has 0 N–H and O–H groups in total. The van der Waals surface area contributed by atoms with Gasteiger partial charge in [-0.1, -0.05) is 51.1 Å². The van der Waals surface area contributed by atoms with Crippen molar-refractivity contribution in [3.05, 3.63) is 0 Å². The van der Waals surface area contributed by atoms with E-state index in [0.717, 1.165) is 32.1 Å². The Bertz CT molecular complexity index is 505. The van der Waals surface area contributed by atoms with Crippen LogP contribution in [0.4, 0.5) is 0 Å². The standard InChI is InChI=1S/C16H21Br2NO2/c1-16-10-7-9(12(17)13(10)18)11(16)14(20)19(15(16)21)8-5-3-2-4-6-8/h8-13H,2-7H2,1H3/t9-,10+,11-,12-,13-,16-/m1/s1. The van der Waals surface area contributed by atoms with E-state index < -0.39 is 5.41 Å². The molecular weight excluding hydrogens is 398 g/mol. The van der Waals surface area contributed by atoms with E-state index in [1.54, 1.807) is 4.90 Å². The lowest BCUT2D eigenvalue weighted by Crippen LogP contribution is -2.46. The smallest absolute Gasteiger partial charge is 0.236 e. The number of carbonyl (C=O) groups is 2. The Hall–Kier alpha value is 0.1000. The van der Waals surface area contributed by atoms with Crippen molar-refractivity contribution < 1.29 is 9.59 Å². The van der Waals surface area contributed by atoms with Crippen LogP contribution in [-0.4, -0.2) is 32.4 Å². The molecule has 0 aromatic heterocycles. The molecule has 0 aromatic rings. The molecule has 3 nitrogen and oxygen atoms in total. The average molecular weight is 419 g/mol. The van der Waals surface area contributed by atoms with E-state index >= 15 is 0 Å². The molecular formula is C16H21Br2NO2. The van der Waals surface area contributed by atoms with Gasteiger partial charge in [-0.25, -0.2) is 0 Å². The predicted octanol–water partition coefficient (Wildman–Crippen LogP) is 3.49. The molecule has 0 spiro atoms. The lowest BCUT2D eigenvalue weighted by molar-refractivity contribution is -0.145. The highest BCUT2D eigenvalue weighted by molar-refractivity contribution is 9.12. The Balaban J connectivity index is 1.70. The van der Waals surface area contributed by atoms with E-state index in [4.69, 9.17) is 0 Å². The fraction of sp³-hybridized carbons (Fsp3) is 0.875. The maximum absolute atomic E-state index is 13.1. The van der Waals surface area contributed by atoms with E-state index in [9.17, 15) is 9.59 Å². The molecule has 0 aromatic carbocycles. The third kappa shape index (κ3) is 1.71. The van der Waals surface area contributed by atoms with Gasteiger partial charge in [-0.2, -0.15) is 0 Å². The molecule has 2 bridgehead atoms. The van der Waals surface area contributed by atoms with Gasteiger partial charge < -0.3 is 0 Å². The third-order valence-corrected chi connectivity index (χ3v) is 9.76. The maximum Gasteiger partial charge on any atom is 0.236 e. The maximum atomic E-state index is 13.1. The van der Waals surface area contributed by atoms with Crippen molar-refractivity contribution in [1.82, 2.24) is 4.90 Å². The van der Waals surface area contributed by atoms with Crippen LogP contribution < -0.4 is 0 Å². The third-order valence-electron chi connectivity index (χ3n) is 6.59. The lowest BCUT2D eigenvalue weighted by Gasteiger charge is -2.37. The van der Waals surface area contributed by atoms with Crippen LogP contribution in [0.3, 0.4) is 0 Å². The van der Waals surface area contributed by atoms with Gasteiger partial charge in [-0.15, -0.1) is 0 Å². The van der Waals surface area contributed by atoms with E-state index in [0.29, 0.717) is 21.5 Å². The number of fused-ring (bicyclic) bond motifs is 5. The summed E-state index contributed by atoms with van der Waals surface area (Å²) in [5, 5.41) is 0. The van der Waals surface area contributed by atoms with E-state index in [-0.39, 0.29) is 23.8 Å². The topological polar surface area (TPSA) is 37.4 Å². The first-order chi connectivity index (χ1) is 9.98. The van der Waals surface area contributed by atoms with Gasteiger partial charge in [-0.3, -0.25) is 14.5 Å². The van der Waals surface area contributed by atoms with Gasteiger partial charge in [-0.05, 0) is 38.0 Å². The molecule has 1 heterocycles. The fourth-order valence-electron chi connectivity index (χ4n) is 5.51. The number of imide groups is 1. The van der Waals surface area contributed by atoms with Gasteiger partial charge in [0.1, 0.15) is 0 Å². The summed E-state index contributed by atoms with van der Waals surface area (Å²) in [6.07, 6.45) is 6.56. The molecule has 6 atom stereocenters. The number of hydrogen-bond acceptors (Lipinski definition) is 2. The van der Waals surface area contributed by atoms with Gasteiger partial charge in [0.05, 0.1) is 11.3 Å². The van der Waals surface area contributed by atoms with Crippen molar-refractivity contribution in [2.45, 2.75) is 61.1 Å². The van der Waals surface area contributed by atoms with Crippen molar-refractivity contribution in [2.75, 3.05) is 0 Å². The second kappa shape index (κ2) is 4.80. The van der Waals surface area contributed by atoms with E-state index in [2.05, 4.69) is 38.8 Å². The summed E-state index contributed by atoms with van der Waals surface area (Å²) in [6.45, 7) is 2.05. The number of carbonyl (C=O) groups excluding carboxylic acids is 2. The van der Waals surface area contributed by atoms with Crippen LogP contribution in [0.2, 0.25) is 0 Å². The summed E-state index contributed by atoms with van der Waals surface area (Å²) in [5.74, 6) is 0.776. The summed E-state index contributed by atoms with van der Waals surface area (Å²) in [7, 11) is 0. The quantitative estimate of drug-likeness (QED) is 0.482. The minimum atomic E-state index is -0.461. The molecule has 2 amide bonds. The van der Waals surface area contributed by atoms with Gasteiger partial charge in [0.25, 0.3) is 0 Å².